The zero-order valence-electron chi connectivity index (χ0n) is 14.2. The molecule has 0 bridgehead atoms. The van der Waals surface area contributed by atoms with Crippen LogP contribution in [0.4, 0.5) is 5.69 Å². The van der Waals surface area contributed by atoms with E-state index in [2.05, 4.69) is 10.3 Å². The minimum Gasteiger partial charge on any atom is -0.474 e. The number of Topliss-reactive ketones (excluding diaryl/α,β-unsaturated/α-hetero) is 1. The third-order valence-electron chi connectivity index (χ3n) is 4.01. The summed E-state index contributed by atoms with van der Waals surface area (Å²) >= 11 is 0. The number of nitrogens with two attached hydrogens (primary N) is 1. The predicted molar refractivity (Wildman–Crippen MR) is 89.9 cm³/mol. The number of amides is 1. The van der Waals surface area contributed by atoms with E-state index in [9.17, 15) is 14.4 Å². The molecule has 1 aromatic heterocycles. The van der Waals surface area contributed by atoms with E-state index in [1.807, 2.05) is 0 Å². The number of hydrogen-bond acceptors (Lipinski definition) is 7. The lowest BCUT2D eigenvalue weighted by Crippen LogP contribution is -2.29. The van der Waals surface area contributed by atoms with E-state index in [1.54, 1.807) is 19.1 Å². The smallest absolute Gasteiger partial charge is 0.308 e. The lowest BCUT2D eigenvalue weighted by molar-refractivity contribution is -0.149. The van der Waals surface area contributed by atoms with Gasteiger partial charge in [0, 0.05) is 6.07 Å². The van der Waals surface area contributed by atoms with Gasteiger partial charge >= 0.3 is 5.97 Å². The highest BCUT2D eigenvalue weighted by Crippen LogP contribution is 2.28. The fourth-order valence-electron chi connectivity index (χ4n) is 2.66. The number of pyridine rings is 1. The molecule has 1 saturated carbocycles. The molecule has 8 nitrogen and oxygen atoms in total. The molecule has 25 heavy (non-hydrogen) atoms. The lowest BCUT2D eigenvalue weighted by Gasteiger charge is -2.27. The third kappa shape index (κ3) is 5.53. The first-order valence-corrected chi connectivity index (χ1v) is 8.37. The van der Waals surface area contributed by atoms with Gasteiger partial charge in [-0.25, -0.2) is 4.98 Å². The molecule has 1 fully saturated rings. The van der Waals surface area contributed by atoms with Crippen LogP contribution < -0.4 is 15.8 Å². The number of nitrogens with zero attached hydrogens (tertiary/aromatic N) is 1. The monoisotopic (exact) mass is 349 g/mol. The van der Waals surface area contributed by atoms with Gasteiger partial charge in [0.15, 0.2) is 0 Å². The second-order valence-electron chi connectivity index (χ2n) is 5.81. The highest BCUT2D eigenvalue weighted by Gasteiger charge is 2.28. The van der Waals surface area contributed by atoms with Crippen molar-refractivity contribution >= 4 is 23.3 Å². The van der Waals surface area contributed by atoms with E-state index in [-0.39, 0.29) is 24.5 Å². The SMILES string of the molecule is CCOC(=O)C1CCC(Oc2ccc(NC(=O)C(=O)CN)cn2)CC1. The molecule has 1 aliphatic rings. The van der Waals surface area contributed by atoms with Gasteiger partial charge in [-0.2, -0.15) is 0 Å². The molecule has 0 aliphatic heterocycles. The van der Waals surface area contributed by atoms with Gasteiger partial charge < -0.3 is 20.5 Å². The Morgan fingerprint density at radius 1 is 1.24 bits per heavy atom. The summed E-state index contributed by atoms with van der Waals surface area (Å²) in [4.78, 5) is 38.4. The molecule has 1 amide bonds. The molecular weight excluding hydrogens is 326 g/mol. The molecule has 136 valence electrons. The van der Waals surface area contributed by atoms with Crippen molar-refractivity contribution in [2.75, 3.05) is 18.5 Å². The van der Waals surface area contributed by atoms with Crippen LogP contribution in [0.2, 0.25) is 0 Å². The highest BCUT2D eigenvalue weighted by atomic mass is 16.5. The van der Waals surface area contributed by atoms with Crippen molar-refractivity contribution in [1.82, 2.24) is 4.98 Å². The molecule has 1 heterocycles. The molecule has 1 aliphatic carbocycles. The quantitative estimate of drug-likeness (QED) is 0.557. The molecule has 1 aromatic rings. The summed E-state index contributed by atoms with van der Waals surface area (Å²) in [7, 11) is 0. The molecule has 0 aromatic carbocycles. The van der Waals surface area contributed by atoms with Crippen molar-refractivity contribution in [3.05, 3.63) is 18.3 Å². The van der Waals surface area contributed by atoms with E-state index in [1.165, 1.54) is 6.20 Å². The van der Waals surface area contributed by atoms with E-state index >= 15 is 0 Å². The highest BCUT2D eigenvalue weighted by molar-refractivity contribution is 6.41. The molecule has 2 rings (SSSR count). The van der Waals surface area contributed by atoms with Gasteiger partial charge in [0.1, 0.15) is 6.10 Å². The Bertz CT molecular complexity index is 609. The molecule has 0 spiro atoms. The van der Waals surface area contributed by atoms with Gasteiger partial charge in [0.05, 0.1) is 31.0 Å². The summed E-state index contributed by atoms with van der Waals surface area (Å²) in [5.41, 5.74) is 5.52. The first kappa shape index (κ1) is 18.9. The number of ketones is 1. The molecule has 0 saturated heterocycles. The van der Waals surface area contributed by atoms with E-state index < -0.39 is 11.7 Å². The van der Waals surface area contributed by atoms with Crippen LogP contribution in [-0.4, -0.2) is 41.9 Å². The third-order valence-corrected chi connectivity index (χ3v) is 4.01. The Hall–Kier alpha value is -2.48. The molecule has 0 atom stereocenters. The molecular formula is C17H23N3O5. The largest absolute Gasteiger partial charge is 0.474 e. The van der Waals surface area contributed by atoms with Crippen LogP contribution in [0.25, 0.3) is 0 Å². The van der Waals surface area contributed by atoms with Crippen molar-refractivity contribution in [3.8, 4) is 5.88 Å². The summed E-state index contributed by atoms with van der Waals surface area (Å²) in [6.45, 7) is 1.87. The maximum absolute atomic E-state index is 11.7. The average Bonchev–Trinajstić information content (AvgIpc) is 2.63. The van der Waals surface area contributed by atoms with Crippen molar-refractivity contribution in [1.29, 1.82) is 0 Å². The van der Waals surface area contributed by atoms with Gasteiger partial charge in [-0.15, -0.1) is 0 Å². The number of hydrogen-bond donors (Lipinski definition) is 2. The van der Waals surface area contributed by atoms with Crippen molar-refractivity contribution in [2.24, 2.45) is 11.7 Å². The fourth-order valence-corrected chi connectivity index (χ4v) is 2.66. The van der Waals surface area contributed by atoms with Crippen LogP contribution >= 0.6 is 0 Å². The lowest BCUT2D eigenvalue weighted by atomic mass is 9.87. The first-order chi connectivity index (χ1) is 12.0. The van der Waals surface area contributed by atoms with Crippen LogP contribution in [-0.2, 0) is 19.1 Å². The molecule has 0 radical (unpaired) electrons. The Morgan fingerprint density at radius 2 is 1.96 bits per heavy atom. The summed E-state index contributed by atoms with van der Waals surface area (Å²) in [6, 6.07) is 3.23. The number of anilines is 1. The maximum atomic E-state index is 11.7. The number of ether oxygens (including phenoxy) is 2. The Morgan fingerprint density at radius 3 is 2.52 bits per heavy atom. The van der Waals surface area contributed by atoms with Gasteiger partial charge in [0.2, 0.25) is 11.7 Å². The van der Waals surface area contributed by atoms with Gasteiger partial charge in [-0.1, -0.05) is 0 Å². The van der Waals surface area contributed by atoms with Crippen molar-refractivity contribution in [2.45, 2.75) is 38.7 Å². The van der Waals surface area contributed by atoms with E-state index in [0.29, 0.717) is 18.2 Å². The number of rotatable bonds is 7. The number of nitrogens with one attached hydrogen (secondary N) is 1. The Balaban J connectivity index is 1.81. The van der Waals surface area contributed by atoms with E-state index in [0.717, 1.165) is 25.7 Å². The summed E-state index contributed by atoms with van der Waals surface area (Å²) in [6.07, 6.45) is 4.40. The fraction of sp³-hybridized carbons (Fsp3) is 0.529. The minimum absolute atomic E-state index is 0.00237. The van der Waals surface area contributed by atoms with Crippen LogP contribution in [0.3, 0.4) is 0 Å². The first-order valence-electron chi connectivity index (χ1n) is 8.37. The van der Waals surface area contributed by atoms with Crippen LogP contribution in [0.15, 0.2) is 18.3 Å². The predicted octanol–water partition coefficient (Wildman–Crippen LogP) is 1.05. The van der Waals surface area contributed by atoms with Crippen molar-refractivity contribution < 1.29 is 23.9 Å². The van der Waals surface area contributed by atoms with Gasteiger partial charge in [-0.05, 0) is 38.7 Å². The molecule has 8 heteroatoms. The van der Waals surface area contributed by atoms with E-state index in [4.69, 9.17) is 15.2 Å². The number of carbonyl (C=O) groups is 3. The Labute approximate surface area is 146 Å². The standard InChI is InChI=1S/C17H23N3O5/c1-2-24-17(23)11-3-6-13(7-4-11)25-15-8-5-12(10-19-15)20-16(22)14(21)9-18/h5,8,10-11,13H,2-4,6-7,9,18H2,1H3,(H,20,22). The van der Waals surface area contributed by atoms with Crippen LogP contribution in [0, 0.1) is 5.92 Å². The number of aromatic nitrogens is 1. The number of esters is 1. The van der Waals surface area contributed by atoms with Crippen molar-refractivity contribution in [3.63, 3.8) is 0 Å². The Kier molecular flexibility index (Phi) is 6.88. The maximum Gasteiger partial charge on any atom is 0.308 e. The topological polar surface area (TPSA) is 121 Å². The number of carbonyl (C=O) groups excluding carboxylic acids is 3. The normalized spacial score (nSPS) is 19.8. The molecule has 3 N–H and O–H groups in total. The minimum atomic E-state index is -0.768. The van der Waals surface area contributed by atoms with Gasteiger partial charge in [0.25, 0.3) is 5.91 Å². The summed E-state index contributed by atoms with van der Waals surface area (Å²) in [5.74, 6) is -1.21. The molecule has 0 unspecified atom stereocenters. The average molecular weight is 349 g/mol. The van der Waals surface area contributed by atoms with Gasteiger partial charge in [-0.3, -0.25) is 14.4 Å². The second kappa shape index (κ2) is 9.12. The second-order valence-corrected chi connectivity index (χ2v) is 5.81. The van der Waals surface area contributed by atoms with Crippen LogP contribution in [0.5, 0.6) is 5.88 Å². The zero-order valence-corrected chi connectivity index (χ0v) is 14.2. The summed E-state index contributed by atoms with van der Waals surface area (Å²) < 4.78 is 10.9. The zero-order chi connectivity index (χ0) is 18.2. The van der Waals surface area contributed by atoms with Crippen LogP contribution in [0.1, 0.15) is 32.6 Å². The summed E-state index contributed by atoms with van der Waals surface area (Å²) in [5, 5.41) is 2.42.